The number of hydrogen-bond acceptors (Lipinski definition) is 4. The molecular formula is C14H21NO5S. The number of aryl methyl sites for hydroxylation is 1. The lowest BCUT2D eigenvalue weighted by atomic mass is 9.95. The molecule has 0 spiro atoms. The Labute approximate surface area is 125 Å². The maximum atomic E-state index is 12.2. The summed E-state index contributed by atoms with van der Waals surface area (Å²) in [6.07, 6.45) is 0. The molecule has 21 heavy (non-hydrogen) atoms. The van der Waals surface area contributed by atoms with Crippen LogP contribution in [0.15, 0.2) is 23.1 Å². The van der Waals surface area contributed by atoms with E-state index in [4.69, 9.17) is 9.84 Å². The average molecular weight is 315 g/mol. The van der Waals surface area contributed by atoms with Gasteiger partial charge in [-0.15, -0.1) is 0 Å². The minimum Gasteiger partial charge on any atom is -0.494 e. The molecule has 0 heterocycles. The van der Waals surface area contributed by atoms with Crippen LogP contribution in [-0.4, -0.2) is 32.6 Å². The number of sulfonamides is 1. The van der Waals surface area contributed by atoms with E-state index in [2.05, 4.69) is 4.72 Å². The molecule has 1 aromatic carbocycles. The average Bonchev–Trinajstić information content (AvgIpc) is 2.39. The number of nitrogens with one attached hydrogen (secondary N) is 1. The van der Waals surface area contributed by atoms with Crippen molar-refractivity contribution < 1.29 is 23.1 Å². The van der Waals surface area contributed by atoms with E-state index in [-0.39, 0.29) is 11.4 Å². The van der Waals surface area contributed by atoms with Gasteiger partial charge >= 0.3 is 5.97 Å². The third-order valence-electron chi connectivity index (χ3n) is 3.04. The van der Waals surface area contributed by atoms with E-state index in [1.807, 2.05) is 6.92 Å². The second-order valence-electron chi connectivity index (χ2n) is 5.37. The number of rotatable bonds is 7. The summed E-state index contributed by atoms with van der Waals surface area (Å²) in [5.41, 5.74) is -0.467. The van der Waals surface area contributed by atoms with Gasteiger partial charge in [-0.1, -0.05) is 0 Å². The summed E-state index contributed by atoms with van der Waals surface area (Å²) in [5, 5.41) is 9.00. The van der Waals surface area contributed by atoms with Crippen molar-refractivity contribution >= 4 is 16.0 Å². The molecular weight excluding hydrogens is 294 g/mol. The summed E-state index contributed by atoms with van der Waals surface area (Å²) in [6, 6.07) is 4.53. The van der Waals surface area contributed by atoms with Crippen LogP contribution in [0.2, 0.25) is 0 Å². The van der Waals surface area contributed by atoms with Crippen LogP contribution in [-0.2, 0) is 14.8 Å². The second kappa shape index (κ2) is 6.44. The molecule has 118 valence electrons. The monoisotopic (exact) mass is 315 g/mol. The van der Waals surface area contributed by atoms with Gasteiger partial charge in [0, 0.05) is 6.54 Å². The first kappa shape index (κ1) is 17.5. The van der Waals surface area contributed by atoms with E-state index in [9.17, 15) is 13.2 Å². The number of benzene rings is 1. The maximum Gasteiger partial charge on any atom is 0.310 e. The van der Waals surface area contributed by atoms with Gasteiger partial charge in [0.2, 0.25) is 10.0 Å². The van der Waals surface area contributed by atoms with Gasteiger partial charge < -0.3 is 9.84 Å². The number of carbonyl (C=O) groups is 1. The minimum absolute atomic E-state index is 0.0876. The Hall–Kier alpha value is -1.60. The van der Waals surface area contributed by atoms with E-state index in [1.165, 1.54) is 26.0 Å². The molecule has 0 radical (unpaired) electrons. The van der Waals surface area contributed by atoms with E-state index < -0.39 is 21.4 Å². The van der Waals surface area contributed by atoms with Crippen LogP contribution in [0.25, 0.3) is 0 Å². The highest BCUT2D eigenvalue weighted by molar-refractivity contribution is 7.89. The summed E-state index contributed by atoms with van der Waals surface area (Å²) in [7, 11) is -3.75. The molecule has 0 aromatic heterocycles. The van der Waals surface area contributed by atoms with Gasteiger partial charge in [-0.2, -0.15) is 0 Å². The van der Waals surface area contributed by atoms with Crippen LogP contribution in [0.1, 0.15) is 26.3 Å². The Morgan fingerprint density at radius 3 is 2.48 bits per heavy atom. The zero-order valence-electron chi connectivity index (χ0n) is 12.6. The predicted molar refractivity (Wildman–Crippen MR) is 79.0 cm³/mol. The van der Waals surface area contributed by atoms with Gasteiger partial charge in [0.05, 0.1) is 16.9 Å². The van der Waals surface area contributed by atoms with Gasteiger partial charge in [-0.05, 0) is 51.5 Å². The zero-order valence-corrected chi connectivity index (χ0v) is 13.5. The van der Waals surface area contributed by atoms with E-state index in [1.54, 1.807) is 13.0 Å². The predicted octanol–water partition coefficient (Wildman–Crippen LogP) is 1.78. The Bertz CT molecular complexity index is 622. The smallest absolute Gasteiger partial charge is 0.310 e. The molecule has 0 aliphatic rings. The SMILES string of the molecule is CCOc1ccc(S(=O)(=O)NCC(C)(C)C(=O)O)cc1C. The number of hydrogen-bond donors (Lipinski definition) is 2. The third-order valence-corrected chi connectivity index (χ3v) is 4.44. The number of carboxylic acid groups (broad SMARTS) is 1. The molecule has 6 nitrogen and oxygen atoms in total. The van der Waals surface area contributed by atoms with Crippen molar-refractivity contribution in [3.05, 3.63) is 23.8 Å². The molecule has 0 bridgehead atoms. The van der Waals surface area contributed by atoms with Crippen molar-refractivity contribution in [1.82, 2.24) is 4.72 Å². The number of aliphatic carboxylic acids is 1. The van der Waals surface area contributed by atoms with Crippen LogP contribution in [0.3, 0.4) is 0 Å². The molecule has 0 saturated carbocycles. The largest absolute Gasteiger partial charge is 0.494 e. The third kappa shape index (κ3) is 4.44. The first-order valence-corrected chi connectivity index (χ1v) is 8.05. The lowest BCUT2D eigenvalue weighted by Crippen LogP contribution is -2.38. The van der Waals surface area contributed by atoms with Gasteiger partial charge in [0.25, 0.3) is 0 Å². The summed E-state index contributed by atoms with van der Waals surface area (Å²) < 4.78 is 32.0. The fourth-order valence-electron chi connectivity index (χ4n) is 1.54. The summed E-state index contributed by atoms with van der Waals surface area (Å²) in [6.45, 7) is 6.84. The van der Waals surface area contributed by atoms with Crippen LogP contribution >= 0.6 is 0 Å². The molecule has 1 aromatic rings. The molecule has 0 atom stereocenters. The van der Waals surface area contributed by atoms with Crippen molar-refractivity contribution in [3.8, 4) is 5.75 Å². The minimum atomic E-state index is -3.75. The molecule has 0 fully saturated rings. The Kier molecular flexibility index (Phi) is 5.36. The fourth-order valence-corrected chi connectivity index (χ4v) is 2.84. The van der Waals surface area contributed by atoms with Crippen molar-refractivity contribution in [2.45, 2.75) is 32.6 Å². The van der Waals surface area contributed by atoms with Gasteiger partial charge in [-0.25, -0.2) is 13.1 Å². The highest BCUT2D eigenvalue weighted by Crippen LogP contribution is 2.22. The normalized spacial score (nSPS) is 12.2. The summed E-state index contributed by atoms with van der Waals surface area (Å²) >= 11 is 0. The standard InChI is InChI=1S/C14H21NO5S/c1-5-20-12-7-6-11(8-10(12)2)21(18,19)15-9-14(3,4)13(16)17/h6-8,15H,5,9H2,1-4H3,(H,16,17). The van der Waals surface area contributed by atoms with Crippen LogP contribution in [0, 0.1) is 12.3 Å². The van der Waals surface area contributed by atoms with Crippen LogP contribution in [0.4, 0.5) is 0 Å². The summed E-state index contributed by atoms with van der Waals surface area (Å²) in [5.74, 6) is -0.435. The Morgan fingerprint density at radius 2 is 2.00 bits per heavy atom. The molecule has 1 rings (SSSR count). The van der Waals surface area contributed by atoms with E-state index in [0.29, 0.717) is 17.9 Å². The molecule has 0 amide bonds. The lowest BCUT2D eigenvalue weighted by Gasteiger charge is -2.19. The highest BCUT2D eigenvalue weighted by Gasteiger charge is 2.29. The van der Waals surface area contributed by atoms with Gasteiger partial charge in [0.1, 0.15) is 5.75 Å². The van der Waals surface area contributed by atoms with E-state index >= 15 is 0 Å². The fraction of sp³-hybridized carbons (Fsp3) is 0.500. The molecule has 0 saturated heterocycles. The maximum absolute atomic E-state index is 12.2. The second-order valence-corrected chi connectivity index (χ2v) is 7.14. The van der Waals surface area contributed by atoms with E-state index in [0.717, 1.165) is 0 Å². The molecule has 0 unspecified atom stereocenters. The van der Waals surface area contributed by atoms with Crippen LogP contribution < -0.4 is 9.46 Å². The van der Waals surface area contributed by atoms with Crippen molar-refractivity contribution in [2.75, 3.05) is 13.2 Å². The highest BCUT2D eigenvalue weighted by atomic mass is 32.2. The lowest BCUT2D eigenvalue weighted by molar-refractivity contribution is -0.146. The molecule has 2 N–H and O–H groups in total. The van der Waals surface area contributed by atoms with Crippen molar-refractivity contribution in [2.24, 2.45) is 5.41 Å². The van der Waals surface area contributed by atoms with Gasteiger partial charge in [-0.3, -0.25) is 4.79 Å². The van der Waals surface area contributed by atoms with Crippen molar-refractivity contribution in [1.29, 1.82) is 0 Å². The quantitative estimate of drug-likeness (QED) is 0.800. The van der Waals surface area contributed by atoms with Crippen molar-refractivity contribution in [3.63, 3.8) is 0 Å². The number of carboxylic acids is 1. The first-order valence-electron chi connectivity index (χ1n) is 6.56. The zero-order chi connectivity index (χ0) is 16.3. The summed E-state index contributed by atoms with van der Waals surface area (Å²) in [4.78, 5) is 11.1. The van der Waals surface area contributed by atoms with Crippen LogP contribution in [0.5, 0.6) is 5.75 Å². The van der Waals surface area contributed by atoms with Gasteiger partial charge in [0.15, 0.2) is 0 Å². The molecule has 0 aliphatic heterocycles. The first-order chi connectivity index (χ1) is 9.60. The number of ether oxygens (including phenoxy) is 1. The topological polar surface area (TPSA) is 92.7 Å². The molecule has 7 heteroatoms. The molecule has 0 aliphatic carbocycles. The Balaban J connectivity index is 2.94. The Morgan fingerprint density at radius 1 is 1.38 bits per heavy atom.